The van der Waals surface area contributed by atoms with Crippen LogP contribution >= 0.6 is 0 Å². The zero-order valence-electron chi connectivity index (χ0n) is 31.5. The van der Waals surface area contributed by atoms with Crippen molar-refractivity contribution in [1.82, 2.24) is 0 Å². The van der Waals surface area contributed by atoms with E-state index in [0.29, 0.717) is 31.3 Å². The SMILES string of the molecule is C=C1C(=CC=C2CCC[C@]3(C)C(CC)=CC[C@@H]23)C[C@](OCC(=O)OCC2CC2)(O[Si](C)(C)C(C)(C)C)CC1O[Si](C)(C)C(C)(C)C. The van der Waals surface area contributed by atoms with E-state index in [1.165, 1.54) is 12.8 Å². The lowest BCUT2D eigenvalue weighted by molar-refractivity contribution is -0.215. The maximum Gasteiger partial charge on any atom is 0.332 e. The van der Waals surface area contributed by atoms with Gasteiger partial charge in [-0.2, -0.15) is 0 Å². The normalized spacial score (nSPS) is 31.3. The van der Waals surface area contributed by atoms with Crippen molar-refractivity contribution < 1.29 is 23.1 Å². The van der Waals surface area contributed by atoms with Crippen molar-refractivity contribution in [2.75, 3.05) is 13.2 Å². The van der Waals surface area contributed by atoms with Crippen molar-refractivity contribution in [3.63, 3.8) is 0 Å². The number of carbonyl (C=O) groups excluding carboxylic acids is 1. The molecule has 5 nitrogen and oxygen atoms in total. The van der Waals surface area contributed by atoms with E-state index in [-0.39, 0.29) is 34.2 Å². The molecular formula is C39H66O5Si2. The molecule has 0 aromatic rings. The van der Waals surface area contributed by atoms with Gasteiger partial charge in [-0.05, 0) is 110 Å². The van der Waals surface area contributed by atoms with Crippen molar-refractivity contribution in [3.8, 4) is 0 Å². The van der Waals surface area contributed by atoms with E-state index in [4.69, 9.17) is 18.3 Å². The van der Waals surface area contributed by atoms with Gasteiger partial charge in [0.2, 0.25) is 0 Å². The molecular weight excluding hydrogens is 605 g/mol. The van der Waals surface area contributed by atoms with E-state index in [2.05, 4.69) is 106 Å². The molecule has 4 rings (SSSR count). The Morgan fingerprint density at radius 2 is 1.70 bits per heavy atom. The monoisotopic (exact) mass is 670 g/mol. The zero-order valence-corrected chi connectivity index (χ0v) is 33.5. The standard InChI is InChI=1S/C39H66O5Si2/c1-14-32-21-22-33-30(16-15-23-38(32,33)9)19-20-31-24-39(44-46(12,13)37(6,7)8,42-27-35(40)41-26-29-17-18-29)25-34(28(31)2)43-45(10,11)36(3,4)5/h19-21,29,33-34H,2,14-18,22-27H2,1,3-13H3/t33-,34?,38+,39-/m0/s1. The van der Waals surface area contributed by atoms with Crippen LogP contribution in [0.3, 0.4) is 0 Å². The van der Waals surface area contributed by atoms with Gasteiger partial charge in [-0.15, -0.1) is 0 Å². The third-order valence-electron chi connectivity index (χ3n) is 12.5. The van der Waals surface area contributed by atoms with Crippen LogP contribution in [0.25, 0.3) is 0 Å². The van der Waals surface area contributed by atoms with Crippen molar-refractivity contribution in [2.45, 2.75) is 161 Å². The predicted molar refractivity (Wildman–Crippen MR) is 196 cm³/mol. The number of rotatable bonds is 11. The van der Waals surface area contributed by atoms with E-state index in [1.54, 1.807) is 11.1 Å². The van der Waals surface area contributed by atoms with Crippen LogP contribution in [0, 0.1) is 17.3 Å². The number of hydrogen-bond donors (Lipinski definition) is 0. The molecule has 0 bridgehead atoms. The highest BCUT2D eigenvalue weighted by Crippen LogP contribution is 2.56. The fourth-order valence-corrected chi connectivity index (χ4v) is 9.87. The fourth-order valence-electron chi connectivity index (χ4n) is 7.12. The van der Waals surface area contributed by atoms with Crippen LogP contribution in [0.5, 0.6) is 0 Å². The summed E-state index contributed by atoms with van der Waals surface area (Å²) in [6, 6.07) is 0. The van der Waals surface area contributed by atoms with Crippen molar-refractivity contribution in [1.29, 1.82) is 0 Å². The fraction of sp³-hybridized carbons (Fsp3) is 0.769. The lowest BCUT2D eigenvalue weighted by Gasteiger charge is -2.51. The van der Waals surface area contributed by atoms with Crippen molar-refractivity contribution in [3.05, 3.63) is 47.1 Å². The summed E-state index contributed by atoms with van der Waals surface area (Å²) in [6.07, 6.45) is 16.2. The average Bonchev–Trinajstić information content (AvgIpc) is 3.70. The van der Waals surface area contributed by atoms with Gasteiger partial charge in [0, 0.05) is 12.8 Å². The second kappa shape index (κ2) is 13.6. The van der Waals surface area contributed by atoms with Gasteiger partial charge in [-0.3, -0.25) is 0 Å². The van der Waals surface area contributed by atoms with Crippen molar-refractivity contribution in [2.24, 2.45) is 17.3 Å². The second-order valence-electron chi connectivity index (χ2n) is 18.0. The topological polar surface area (TPSA) is 54.0 Å². The summed E-state index contributed by atoms with van der Waals surface area (Å²) in [5.41, 5.74) is 5.58. The number of allylic oxidation sites excluding steroid dienone is 5. The first kappa shape index (κ1) is 37.6. The predicted octanol–water partition coefficient (Wildman–Crippen LogP) is 10.8. The maximum absolute atomic E-state index is 13.0. The van der Waals surface area contributed by atoms with Gasteiger partial charge < -0.3 is 18.3 Å². The minimum absolute atomic E-state index is 0.0337. The van der Waals surface area contributed by atoms with Crippen LogP contribution in [0.1, 0.15) is 113 Å². The molecule has 0 saturated heterocycles. The Kier molecular flexibility index (Phi) is 11.1. The van der Waals surface area contributed by atoms with E-state index in [1.807, 2.05) is 0 Å². The number of hydrogen-bond acceptors (Lipinski definition) is 5. The maximum atomic E-state index is 13.0. The number of carbonyl (C=O) groups is 1. The zero-order chi connectivity index (χ0) is 34.3. The van der Waals surface area contributed by atoms with Crippen LogP contribution in [0.2, 0.25) is 36.3 Å². The Labute approximate surface area is 283 Å². The van der Waals surface area contributed by atoms with Crippen molar-refractivity contribution >= 4 is 22.6 Å². The van der Waals surface area contributed by atoms with Gasteiger partial charge in [0.05, 0.1) is 12.7 Å². The Morgan fingerprint density at radius 1 is 1.04 bits per heavy atom. The summed E-state index contributed by atoms with van der Waals surface area (Å²) in [5.74, 6) is -0.249. The lowest BCUT2D eigenvalue weighted by atomic mass is 9.64. The van der Waals surface area contributed by atoms with E-state index < -0.39 is 22.4 Å². The number of ether oxygens (including phenoxy) is 2. The first-order chi connectivity index (χ1) is 21.1. The summed E-state index contributed by atoms with van der Waals surface area (Å²) < 4.78 is 26.7. The molecule has 0 amide bonds. The van der Waals surface area contributed by atoms with Gasteiger partial charge in [-0.25, -0.2) is 4.79 Å². The molecule has 0 aliphatic heterocycles. The van der Waals surface area contributed by atoms with E-state index in [9.17, 15) is 4.79 Å². The van der Waals surface area contributed by atoms with Crippen LogP contribution in [-0.4, -0.2) is 47.7 Å². The molecule has 0 heterocycles. The van der Waals surface area contributed by atoms with Gasteiger partial charge in [0.1, 0.15) is 6.61 Å². The molecule has 3 saturated carbocycles. The van der Waals surface area contributed by atoms with Crippen LogP contribution in [0.15, 0.2) is 47.1 Å². The molecule has 0 aromatic carbocycles. The summed E-state index contributed by atoms with van der Waals surface area (Å²) in [7, 11) is -4.52. The first-order valence-electron chi connectivity index (χ1n) is 18.1. The van der Waals surface area contributed by atoms with Gasteiger partial charge >= 0.3 is 5.97 Å². The van der Waals surface area contributed by atoms with Gasteiger partial charge in [0.25, 0.3) is 0 Å². The Hall–Kier alpha value is -1.26. The Bertz CT molecular complexity index is 1240. The van der Waals surface area contributed by atoms with Gasteiger partial charge in [-0.1, -0.05) is 91.3 Å². The molecule has 4 atom stereocenters. The molecule has 3 fully saturated rings. The summed E-state index contributed by atoms with van der Waals surface area (Å²) >= 11 is 0. The molecule has 4 aliphatic carbocycles. The largest absolute Gasteiger partial charge is 0.464 e. The molecule has 260 valence electrons. The average molecular weight is 671 g/mol. The van der Waals surface area contributed by atoms with Gasteiger partial charge in [0.15, 0.2) is 22.4 Å². The number of esters is 1. The minimum Gasteiger partial charge on any atom is -0.464 e. The second-order valence-corrected chi connectivity index (χ2v) is 27.5. The molecule has 0 N–H and O–H groups in total. The third kappa shape index (κ3) is 8.30. The highest BCUT2D eigenvalue weighted by atomic mass is 28.4. The third-order valence-corrected chi connectivity index (χ3v) is 21.4. The Balaban J connectivity index is 1.73. The summed E-state index contributed by atoms with van der Waals surface area (Å²) in [6.45, 7) is 32.5. The molecule has 1 unspecified atom stereocenters. The minimum atomic E-state index is -2.33. The Morgan fingerprint density at radius 3 is 2.28 bits per heavy atom. The highest BCUT2D eigenvalue weighted by molar-refractivity contribution is 6.74. The number of fused-ring (bicyclic) bond motifs is 1. The van der Waals surface area contributed by atoms with E-state index >= 15 is 0 Å². The molecule has 7 heteroatoms. The summed E-state index contributed by atoms with van der Waals surface area (Å²) in [5, 5.41) is -0.00301. The van der Waals surface area contributed by atoms with Crippen LogP contribution in [-0.2, 0) is 23.1 Å². The smallest absolute Gasteiger partial charge is 0.332 e. The summed E-state index contributed by atoms with van der Waals surface area (Å²) in [4.78, 5) is 13.0. The quantitative estimate of drug-likeness (QED) is 0.0948. The van der Waals surface area contributed by atoms with E-state index in [0.717, 1.165) is 43.3 Å². The molecule has 0 spiro atoms. The first-order valence-corrected chi connectivity index (χ1v) is 23.9. The van der Waals surface area contributed by atoms with Crippen LogP contribution < -0.4 is 0 Å². The highest BCUT2D eigenvalue weighted by Gasteiger charge is 2.52. The van der Waals surface area contributed by atoms with Crippen LogP contribution in [0.4, 0.5) is 0 Å². The molecule has 4 aliphatic rings. The molecule has 46 heavy (non-hydrogen) atoms. The molecule has 0 radical (unpaired) electrons. The molecule has 0 aromatic heterocycles. The lowest BCUT2D eigenvalue weighted by Crippen LogP contribution is -2.56.